The van der Waals surface area contributed by atoms with Gasteiger partial charge in [0.2, 0.25) is 11.1 Å². The lowest BCUT2D eigenvalue weighted by Crippen LogP contribution is -3.00. The first-order valence-electron chi connectivity index (χ1n) is 12.4. The van der Waals surface area contributed by atoms with Crippen LogP contribution in [0.1, 0.15) is 52.9 Å². The second kappa shape index (κ2) is 15.3. The molecule has 3 N–H and O–H groups in total. The van der Waals surface area contributed by atoms with Crippen LogP contribution in [0.15, 0.2) is 0 Å². The number of nitrogens with zero attached hydrogens (tertiary/aromatic N) is 1. The minimum atomic E-state index is -4.72. The van der Waals surface area contributed by atoms with E-state index in [-0.39, 0.29) is 67.9 Å². The summed E-state index contributed by atoms with van der Waals surface area (Å²) in [6.45, 7) is 2.09. The first-order valence-corrected chi connectivity index (χ1v) is 14.6. The standard InChI is InChI=1S/C12H16F3NO6S.C6H11NO3.C5H7ClO.CH4.ClH/c1-21-9(17)8-5-7(22-23(2,19)20)6-16(8)10(18)11(3-4-11)12(13,14)15;1-10-6(9)5-2-4(8)3-7-5;1-5(2-3-5)4(6)7;;/h7-8H,3-6H2,1-2H3;4-5,7-8H,2-3H2,1H3;2-3H2,1H3;1H4;1H/t7-,8+;4-,5+;;;/m11.../s1. The molecule has 0 spiro atoms. The minimum absolute atomic E-state index is 0. The van der Waals surface area contributed by atoms with Gasteiger partial charge in [-0.2, -0.15) is 21.6 Å². The average Bonchev–Trinajstić information content (AvgIpc) is 3.74. The van der Waals surface area contributed by atoms with Crippen LogP contribution in [0.2, 0.25) is 0 Å². The van der Waals surface area contributed by atoms with Crippen molar-refractivity contribution in [1.29, 1.82) is 0 Å². The van der Waals surface area contributed by atoms with Crippen LogP contribution in [0, 0.1) is 10.8 Å². The van der Waals surface area contributed by atoms with Crippen molar-refractivity contribution in [2.45, 2.75) is 83.3 Å². The Morgan fingerprint density at radius 1 is 1.02 bits per heavy atom. The van der Waals surface area contributed by atoms with E-state index in [4.69, 9.17) is 20.9 Å². The molecule has 2 heterocycles. The van der Waals surface area contributed by atoms with Crippen LogP contribution in [0.5, 0.6) is 0 Å². The van der Waals surface area contributed by atoms with Crippen LogP contribution >= 0.6 is 11.6 Å². The highest BCUT2D eigenvalue weighted by Crippen LogP contribution is 2.59. The zero-order valence-electron chi connectivity index (χ0n) is 22.9. The number of amides is 1. The largest absolute Gasteiger partial charge is 1.00 e. The molecular formula is C24H39Cl2F3N2O10S. The zero-order chi connectivity index (χ0) is 30.7. The molecule has 2 saturated heterocycles. The number of aliphatic hydroxyl groups is 1. The van der Waals surface area contributed by atoms with E-state index in [9.17, 15) is 40.8 Å². The number of ether oxygens (including phenoxy) is 2. The summed E-state index contributed by atoms with van der Waals surface area (Å²) in [7, 11) is -1.48. The van der Waals surface area contributed by atoms with Gasteiger partial charge in [0.1, 0.15) is 24.1 Å². The normalized spacial score (nSPS) is 26.5. The highest BCUT2D eigenvalue weighted by Gasteiger charge is 2.70. The van der Waals surface area contributed by atoms with Crippen molar-refractivity contribution in [1.82, 2.24) is 4.90 Å². The lowest BCUT2D eigenvalue weighted by Gasteiger charge is -2.28. The molecule has 4 atom stereocenters. The van der Waals surface area contributed by atoms with Gasteiger partial charge in [0.25, 0.3) is 10.1 Å². The Balaban J connectivity index is 0.000000728. The topological polar surface area (TPSA) is 170 Å². The first-order chi connectivity index (χ1) is 18.3. The van der Waals surface area contributed by atoms with E-state index in [0.29, 0.717) is 13.0 Å². The summed E-state index contributed by atoms with van der Waals surface area (Å²) in [5.74, 6) is -2.38. The fourth-order valence-electron chi connectivity index (χ4n) is 4.25. The first kappa shape index (κ1) is 40.3. The molecule has 0 aromatic carbocycles. The molecule has 0 bridgehead atoms. The van der Waals surface area contributed by atoms with Crippen molar-refractivity contribution in [3.05, 3.63) is 0 Å². The minimum Gasteiger partial charge on any atom is -1.00 e. The fourth-order valence-corrected chi connectivity index (χ4v) is 5.07. The Kier molecular flexibility index (Phi) is 14.7. The quantitative estimate of drug-likeness (QED) is 0.174. The summed E-state index contributed by atoms with van der Waals surface area (Å²) in [5, 5.41) is 10.6. The average molecular weight is 676 g/mol. The van der Waals surface area contributed by atoms with Gasteiger partial charge in [-0.25, -0.2) is 9.59 Å². The van der Waals surface area contributed by atoms with Crippen LogP contribution in [0.3, 0.4) is 0 Å². The molecule has 42 heavy (non-hydrogen) atoms. The number of rotatable bonds is 6. The van der Waals surface area contributed by atoms with Crippen LogP contribution in [0.25, 0.3) is 0 Å². The number of hydrogen-bond acceptors (Lipinski definition) is 10. The van der Waals surface area contributed by atoms with E-state index in [1.807, 2.05) is 6.92 Å². The van der Waals surface area contributed by atoms with Crippen molar-refractivity contribution in [2.24, 2.45) is 10.8 Å². The number of carbonyl (C=O) groups excluding carboxylic acids is 4. The van der Waals surface area contributed by atoms with Crippen LogP contribution in [-0.2, 0) is 43.0 Å². The van der Waals surface area contributed by atoms with Crippen molar-refractivity contribution in [2.75, 3.05) is 33.6 Å². The van der Waals surface area contributed by atoms with Crippen molar-refractivity contribution < 1.29 is 77.3 Å². The SMILES string of the molecule is C.CC1(C(=O)Cl)CC1.COC(=O)[C@@H]1C[C@@H](O)C[NH2+]1.COC(=O)[C@@H]1C[C@@H](OS(C)(=O)=O)CN1C(=O)C1(C(F)(F)F)CC1.[Cl-]. The number of esters is 2. The fraction of sp³-hybridized carbons (Fsp3) is 0.833. The van der Waals surface area contributed by atoms with Gasteiger partial charge in [0, 0.05) is 24.8 Å². The summed E-state index contributed by atoms with van der Waals surface area (Å²) >= 11 is 5.18. The van der Waals surface area contributed by atoms with E-state index in [1.165, 1.54) is 7.11 Å². The Bertz CT molecular complexity index is 1080. The van der Waals surface area contributed by atoms with Crippen molar-refractivity contribution >= 4 is 44.8 Å². The number of methoxy groups -OCH3 is 2. The number of nitrogens with two attached hydrogens (primary N) is 1. The Morgan fingerprint density at radius 2 is 1.55 bits per heavy atom. The number of aliphatic hydroxyl groups excluding tert-OH is 1. The van der Waals surface area contributed by atoms with Crippen molar-refractivity contribution in [3.8, 4) is 0 Å². The molecule has 4 fully saturated rings. The lowest BCUT2D eigenvalue weighted by atomic mass is 10.0. The molecule has 0 aromatic rings. The summed E-state index contributed by atoms with van der Waals surface area (Å²) in [6.07, 6.45) is -3.82. The number of hydrogen-bond donors (Lipinski definition) is 2. The maximum absolute atomic E-state index is 13.1. The monoisotopic (exact) mass is 674 g/mol. The summed E-state index contributed by atoms with van der Waals surface area (Å²) in [5.41, 5.74) is -2.61. The number of likely N-dealkylation sites (tertiary alicyclic amines) is 1. The molecule has 0 radical (unpaired) electrons. The number of halogens is 5. The number of alkyl halides is 3. The van der Waals surface area contributed by atoms with Gasteiger partial charge < -0.3 is 37.2 Å². The molecule has 2 aliphatic heterocycles. The zero-order valence-corrected chi connectivity index (χ0v) is 25.2. The molecule has 18 heteroatoms. The highest BCUT2D eigenvalue weighted by molar-refractivity contribution is 7.86. The summed E-state index contributed by atoms with van der Waals surface area (Å²) in [4.78, 5) is 45.9. The maximum Gasteiger partial charge on any atom is 0.403 e. The van der Waals surface area contributed by atoms with Crippen LogP contribution in [-0.4, -0.2) is 106 Å². The predicted molar refractivity (Wildman–Crippen MR) is 138 cm³/mol. The van der Waals surface area contributed by atoms with Crippen LogP contribution < -0.4 is 17.7 Å². The Labute approximate surface area is 254 Å². The number of quaternary nitrogens is 1. The molecule has 12 nitrogen and oxygen atoms in total. The van der Waals surface area contributed by atoms with E-state index in [1.54, 1.807) is 5.32 Å². The molecular weight excluding hydrogens is 636 g/mol. The molecule has 1 amide bonds. The summed E-state index contributed by atoms with van der Waals surface area (Å²) in [6, 6.07) is -1.47. The van der Waals surface area contributed by atoms with Gasteiger partial charge in [0.15, 0.2) is 6.04 Å². The van der Waals surface area contributed by atoms with E-state index in [0.717, 1.165) is 31.1 Å². The molecule has 4 aliphatic rings. The molecule has 4 rings (SSSR count). The van der Waals surface area contributed by atoms with Gasteiger partial charge in [0.05, 0.1) is 26.6 Å². The predicted octanol–water partition coefficient (Wildman–Crippen LogP) is -2.50. The third-order valence-electron chi connectivity index (χ3n) is 7.21. The molecule has 0 unspecified atom stereocenters. The second-order valence-corrected chi connectivity index (χ2v) is 12.5. The van der Waals surface area contributed by atoms with Gasteiger partial charge in [-0.05, 0) is 37.3 Å². The van der Waals surface area contributed by atoms with Crippen LogP contribution in [0.4, 0.5) is 13.2 Å². The maximum atomic E-state index is 13.1. The van der Waals surface area contributed by atoms with Gasteiger partial charge >= 0.3 is 18.1 Å². The number of carbonyl (C=O) groups is 4. The Hall–Kier alpha value is -1.72. The third kappa shape index (κ3) is 10.5. The third-order valence-corrected chi connectivity index (χ3v) is 8.28. The lowest BCUT2D eigenvalue weighted by molar-refractivity contribution is -0.661. The molecule has 246 valence electrons. The molecule has 2 aliphatic carbocycles. The molecule has 2 saturated carbocycles. The highest BCUT2D eigenvalue weighted by atomic mass is 35.5. The van der Waals surface area contributed by atoms with E-state index >= 15 is 0 Å². The smallest absolute Gasteiger partial charge is 0.403 e. The van der Waals surface area contributed by atoms with Gasteiger partial charge in [-0.3, -0.25) is 13.8 Å². The van der Waals surface area contributed by atoms with Crippen molar-refractivity contribution in [3.63, 3.8) is 0 Å². The van der Waals surface area contributed by atoms with Gasteiger partial charge in [-0.15, -0.1) is 0 Å². The molecule has 0 aromatic heterocycles. The second-order valence-electron chi connectivity index (χ2n) is 10.6. The van der Waals surface area contributed by atoms with E-state index < -0.39 is 52.3 Å². The Morgan fingerprint density at radius 3 is 1.86 bits per heavy atom. The van der Waals surface area contributed by atoms with E-state index in [2.05, 4.69) is 9.47 Å². The summed E-state index contributed by atoms with van der Waals surface area (Å²) < 4.78 is 75.3. The van der Waals surface area contributed by atoms with Gasteiger partial charge in [-0.1, -0.05) is 14.4 Å².